The number of hydrogen-bond donors (Lipinski definition) is 1. The summed E-state index contributed by atoms with van der Waals surface area (Å²) in [5.74, 6) is 4.20. The third-order valence-electron chi connectivity index (χ3n) is 1.64. The molecule has 0 aromatic heterocycles. The molecule has 0 fully saturated rings. The van der Waals surface area contributed by atoms with Crippen LogP contribution in [0.5, 0.6) is 0 Å². The quantitative estimate of drug-likeness (QED) is 0.458. The van der Waals surface area contributed by atoms with E-state index in [-0.39, 0.29) is 0 Å². The molecule has 1 aliphatic heterocycles. The summed E-state index contributed by atoms with van der Waals surface area (Å²) in [6.45, 7) is 0. The van der Waals surface area contributed by atoms with E-state index in [9.17, 15) is 4.57 Å². The predicted molar refractivity (Wildman–Crippen MR) is 43.1 cm³/mol. The van der Waals surface area contributed by atoms with Crippen molar-refractivity contribution in [2.75, 3.05) is 13.2 Å². The van der Waals surface area contributed by atoms with Crippen molar-refractivity contribution in [2.24, 2.45) is 0 Å². The summed E-state index contributed by atoms with van der Waals surface area (Å²) in [5, 5.41) is 2.79. The van der Waals surface area contributed by atoms with Crippen LogP contribution in [-0.4, -0.2) is 13.2 Å². The molecule has 0 amide bonds. The first kappa shape index (κ1) is 7.60. The number of rotatable bonds is 1. The molecule has 1 unspecified atom stereocenters. The second kappa shape index (κ2) is 2.62. The van der Waals surface area contributed by atoms with Crippen molar-refractivity contribution in [2.45, 2.75) is 6.42 Å². The molecule has 1 atom stereocenters. The van der Waals surface area contributed by atoms with Gasteiger partial charge in [-0.05, 0) is 13.5 Å². The molecule has 10 heavy (non-hydrogen) atoms. The van der Waals surface area contributed by atoms with Crippen LogP contribution in [0.4, 0.5) is 0 Å². The van der Waals surface area contributed by atoms with Gasteiger partial charge in [-0.1, -0.05) is 5.92 Å². The normalized spacial score (nSPS) is 31.4. The van der Waals surface area contributed by atoms with Crippen LogP contribution >= 0.6 is 7.29 Å². The van der Waals surface area contributed by atoms with Crippen molar-refractivity contribution in [3.8, 4) is 12.3 Å². The van der Waals surface area contributed by atoms with Crippen molar-refractivity contribution >= 4 is 7.29 Å². The van der Waals surface area contributed by atoms with Gasteiger partial charge in [0.2, 0.25) is 0 Å². The number of nitrogens with one attached hydrogen (secondary N) is 1. The molecule has 0 aromatic carbocycles. The molecule has 54 valence electrons. The molecule has 0 spiro atoms. The molecule has 1 N–H and O–H groups in total. The van der Waals surface area contributed by atoms with E-state index >= 15 is 0 Å². The van der Waals surface area contributed by atoms with Crippen LogP contribution in [0.1, 0.15) is 6.42 Å². The zero-order valence-electron chi connectivity index (χ0n) is 5.92. The van der Waals surface area contributed by atoms with Gasteiger partial charge in [0, 0.05) is 17.6 Å². The zero-order valence-corrected chi connectivity index (χ0v) is 6.82. The van der Waals surface area contributed by atoms with Gasteiger partial charge in [-0.2, -0.15) is 0 Å². The lowest BCUT2D eigenvalue weighted by atomic mass is 10.3. The average Bonchev–Trinajstić information content (AvgIpc) is 2.33. The Labute approximate surface area is 61.1 Å². The minimum atomic E-state index is -2.18. The highest BCUT2D eigenvalue weighted by Gasteiger charge is 2.23. The van der Waals surface area contributed by atoms with Gasteiger partial charge in [-0.15, -0.1) is 6.42 Å². The first-order valence-electron chi connectivity index (χ1n) is 3.16. The fourth-order valence-electron chi connectivity index (χ4n) is 0.953. The summed E-state index contributed by atoms with van der Waals surface area (Å²) in [6.07, 6.45) is 6.61. The summed E-state index contributed by atoms with van der Waals surface area (Å²) in [7, 11) is -0.473. The molecule has 0 radical (unpaired) electrons. The van der Waals surface area contributed by atoms with Crippen molar-refractivity contribution in [3.05, 3.63) is 11.4 Å². The van der Waals surface area contributed by atoms with Crippen LogP contribution in [0.15, 0.2) is 11.4 Å². The van der Waals surface area contributed by atoms with Gasteiger partial charge < -0.3 is 4.57 Å². The second-order valence-corrected chi connectivity index (χ2v) is 5.04. The Balaban J connectivity index is 2.84. The van der Waals surface area contributed by atoms with Crippen LogP contribution in [0.2, 0.25) is 0 Å². The SMILES string of the molecule is C#CC1=CP(=O)(NC)CC1. The lowest BCUT2D eigenvalue weighted by molar-refractivity contribution is 0.576. The molecule has 1 aliphatic rings. The lowest BCUT2D eigenvalue weighted by Gasteiger charge is -2.03. The van der Waals surface area contributed by atoms with E-state index in [1.807, 2.05) is 0 Å². The molecular weight excluding hydrogens is 145 g/mol. The molecule has 1 heterocycles. The highest BCUT2D eigenvalue weighted by molar-refractivity contribution is 7.65. The first-order chi connectivity index (χ1) is 4.70. The molecular formula is C7H10NOP. The van der Waals surface area contributed by atoms with Gasteiger partial charge in [0.1, 0.15) is 0 Å². The highest BCUT2D eigenvalue weighted by atomic mass is 31.2. The maximum atomic E-state index is 11.5. The van der Waals surface area contributed by atoms with E-state index in [4.69, 9.17) is 6.42 Å². The largest absolute Gasteiger partial charge is 0.302 e. The molecule has 0 bridgehead atoms. The van der Waals surface area contributed by atoms with Crippen LogP contribution in [0, 0.1) is 12.3 Å². The van der Waals surface area contributed by atoms with E-state index in [2.05, 4.69) is 11.0 Å². The number of terminal acetylenes is 1. The average molecular weight is 155 g/mol. The van der Waals surface area contributed by atoms with Gasteiger partial charge in [0.25, 0.3) is 0 Å². The maximum absolute atomic E-state index is 11.5. The highest BCUT2D eigenvalue weighted by Crippen LogP contribution is 2.49. The van der Waals surface area contributed by atoms with E-state index in [0.717, 1.165) is 12.0 Å². The van der Waals surface area contributed by atoms with Crippen molar-refractivity contribution in [1.82, 2.24) is 5.09 Å². The first-order valence-corrected chi connectivity index (χ1v) is 5.12. The smallest absolute Gasteiger partial charge is 0.170 e. The van der Waals surface area contributed by atoms with Gasteiger partial charge in [-0.3, -0.25) is 5.09 Å². The molecule has 0 saturated carbocycles. The van der Waals surface area contributed by atoms with E-state index in [1.165, 1.54) is 0 Å². The van der Waals surface area contributed by atoms with Crippen molar-refractivity contribution in [1.29, 1.82) is 0 Å². The Hall–Kier alpha value is -0.510. The molecule has 0 saturated heterocycles. The summed E-state index contributed by atoms with van der Waals surface area (Å²) in [6, 6.07) is 0. The third-order valence-corrected chi connectivity index (χ3v) is 4.02. The van der Waals surface area contributed by atoms with Crippen molar-refractivity contribution in [3.63, 3.8) is 0 Å². The van der Waals surface area contributed by atoms with Crippen LogP contribution in [0.25, 0.3) is 0 Å². The molecule has 2 nitrogen and oxygen atoms in total. The minimum absolute atomic E-state index is 0.684. The van der Waals surface area contributed by atoms with Crippen LogP contribution < -0.4 is 5.09 Å². The molecule has 0 aliphatic carbocycles. The monoisotopic (exact) mass is 155 g/mol. The summed E-state index contributed by atoms with van der Waals surface area (Å²) < 4.78 is 11.5. The van der Waals surface area contributed by atoms with Gasteiger partial charge >= 0.3 is 0 Å². The lowest BCUT2D eigenvalue weighted by Crippen LogP contribution is -2.00. The van der Waals surface area contributed by atoms with E-state index < -0.39 is 7.29 Å². The summed E-state index contributed by atoms with van der Waals surface area (Å²) in [4.78, 5) is 0. The Morgan fingerprint density at radius 3 is 2.90 bits per heavy atom. The zero-order chi connectivity index (χ0) is 7.61. The van der Waals surface area contributed by atoms with E-state index in [0.29, 0.717) is 6.16 Å². The number of allylic oxidation sites excluding steroid dienone is 1. The van der Waals surface area contributed by atoms with Crippen LogP contribution in [0.3, 0.4) is 0 Å². The Morgan fingerprint density at radius 2 is 2.60 bits per heavy atom. The molecule has 0 aromatic rings. The number of hydrogen-bond acceptors (Lipinski definition) is 1. The van der Waals surface area contributed by atoms with Crippen LogP contribution in [-0.2, 0) is 4.57 Å². The van der Waals surface area contributed by atoms with Crippen molar-refractivity contribution < 1.29 is 4.57 Å². The Bertz CT molecular complexity index is 249. The summed E-state index contributed by atoms with van der Waals surface area (Å²) >= 11 is 0. The Morgan fingerprint density at radius 1 is 1.90 bits per heavy atom. The molecule has 1 rings (SSSR count). The minimum Gasteiger partial charge on any atom is -0.302 e. The molecule has 3 heteroatoms. The fraction of sp³-hybridized carbons (Fsp3) is 0.429. The fourth-order valence-corrected chi connectivity index (χ4v) is 2.72. The Kier molecular flexibility index (Phi) is 1.99. The standard InChI is InChI=1S/C7H10NOP/c1-3-7-4-5-10(9,6-7)8-2/h1,6H,4-5H2,2H3,(H,8,9). The van der Waals surface area contributed by atoms with E-state index in [1.54, 1.807) is 12.9 Å². The van der Waals surface area contributed by atoms with Gasteiger partial charge in [-0.25, -0.2) is 0 Å². The maximum Gasteiger partial charge on any atom is 0.170 e. The topological polar surface area (TPSA) is 29.1 Å². The third kappa shape index (κ3) is 1.31. The van der Waals surface area contributed by atoms with Gasteiger partial charge in [0.15, 0.2) is 7.29 Å². The summed E-state index contributed by atoms with van der Waals surface area (Å²) in [5.41, 5.74) is 0.873. The van der Waals surface area contributed by atoms with Gasteiger partial charge in [0.05, 0.1) is 0 Å². The predicted octanol–water partition coefficient (Wildman–Crippen LogP) is 1.40. The second-order valence-electron chi connectivity index (χ2n) is 2.29.